The molecular weight excluding hydrogens is 449 g/mol. The highest BCUT2D eigenvalue weighted by Crippen LogP contribution is 2.27. The van der Waals surface area contributed by atoms with Gasteiger partial charge in [0.05, 0.1) is 30.3 Å². The standard InChI is InChI=1S/C24H24FN9O/c1-2-17-13-27-24(28-14-17)32-9-5-19(6-10-32)33-22(12-26)18(15-31-33)16-35-23-4-3-20(11-21(23)25)34-29-7-8-30-34/h3-4,7-8,11,13-15,19H,2,5-6,9-10,16H2,1H3. The van der Waals surface area contributed by atoms with Crippen molar-refractivity contribution in [2.45, 2.75) is 38.8 Å². The van der Waals surface area contributed by atoms with Crippen LogP contribution in [0.5, 0.6) is 5.75 Å². The van der Waals surface area contributed by atoms with Crippen LogP contribution in [0.4, 0.5) is 10.3 Å². The molecule has 10 nitrogen and oxygen atoms in total. The molecule has 0 atom stereocenters. The van der Waals surface area contributed by atoms with Crippen molar-refractivity contribution in [1.82, 2.24) is 34.7 Å². The summed E-state index contributed by atoms with van der Waals surface area (Å²) < 4.78 is 22.0. The summed E-state index contributed by atoms with van der Waals surface area (Å²) in [7, 11) is 0. The number of nitrogens with zero attached hydrogens (tertiary/aromatic N) is 9. The Morgan fingerprint density at radius 1 is 1.09 bits per heavy atom. The molecule has 4 heterocycles. The fraction of sp³-hybridized carbons (Fsp3) is 0.333. The van der Waals surface area contributed by atoms with E-state index in [2.05, 4.69) is 43.2 Å². The zero-order chi connectivity index (χ0) is 24.2. The summed E-state index contributed by atoms with van der Waals surface area (Å²) in [6, 6.07) is 6.82. The summed E-state index contributed by atoms with van der Waals surface area (Å²) in [5, 5.41) is 22.2. The summed E-state index contributed by atoms with van der Waals surface area (Å²) in [6.07, 6.45) is 10.9. The third-order valence-corrected chi connectivity index (χ3v) is 6.12. The topological polar surface area (TPSA) is 111 Å². The number of hydrogen-bond donors (Lipinski definition) is 0. The molecule has 0 aliphatic carbocycles. The van der Waals surface area contributed by atoms with E-state index in [0.29, 0.717) is 16.9 Å². The number of nitriles is 1. The Hall–Kier alpha value is -4.33. The molecule has 0 saturated carbocycles. The average Bonchev–Trinajstić information content (AvgIpc) is 3.58. The lowest BCUT2D eigenvalue weighted by atomic mass is 10.1. The van der Waals surface area contributed by atoms with Crippen LogP contribution in [0.1, 0.15) is 42.6 Å². The van der Waals surface area contributed by atoms with E-state index < -0.39 is 5.82 Å². The molecule has 35 heavy (non-hydrogen) atoms. The molecule has 1 saturated heterocycles. The summed E-state index contributed by atoms with van der Waals surface area (Å²) in [6.45, 7) is 3.66. The maximum absolute atomic E-state index is 14.5. The van der Waals surface area contributed by atoms with Crippen LogP contribution in [0.15, 0.2) is 49.2 Å². The first kappa shape index (κ1) is 22.5. The van der Waals surface area contributed by atoms with E-state index in [0.717, 1.165) is 43.9 Å². The normalized spacial score (nSPS) is 14.1. The molecule has 3 aromatic heterocycles. The van der Waals surface area contributed by atoms with Crippen LogP contribution >= 0.6 is 0 Å². The van der Waals surface area contributed by atoms with Crippen molar-refractivity contribution in [1.29, 1.82) is 5.26 Å². The number of rotatable bonds is 7. The highest BCUT2D eigenvalue weighted by molar-refractivity contribution is 5.38. The zero-order valence-corrected chi connectivity index (χ0v) is 19.2. The highest BCUT2D eigenvalue weighted by atomic mass is 19.1. The Morgan fingerprint density at radius 3 is 2.49 bits per heavy atom. The molecule has 11 heteroatoms. The first-order chi connectivity index (χ1) is 17.2. The van der Waals surface area contributed by atoms with E-state index in [1.54, 1.807) is 16.9 Å². The smallest absolute Gasteiger partial charge is 0.225 e. The van der Waals surface area contributed by atoms with Gasteiger partial charge in [-0.2, -0.15) is 25.4 Å². The SMILES string of the molecule is CCc1cnc(N2CCC(n3ncc(COc4ccc(-n5nccn5)cc4F)c3C#N)CC2)nc1. The Balaban J connectivity index is 1.23. The average molecular weight is 474 g/mol. The van der Waals surface area contributed by atoms with Crippen molar-refractivity contribution in [2.75, 3.05) is 18.0 Å². The molecule has 0 radical (unpaired) electrons. The first-order valence-corrected chi connectivity index (χ1v) is 11.5. The Kier molecular flexibility index (Phi) is 6.34. The summed E-state index contributed by atoms with van der Waals surface area (Å²) in [5.74, 6) is 0.277. The molecule has 0 spiro atoms. The van der Waals surface area contributed by atoms with Crippen LogP contribution < -0.4 is 9.64 Å². The monoisotopic (exact) mass is 473 g/mol. The lowest BCUT2D eigenvalue weighted by Crippen LogP contribution is -2.36. The fourth-order valence-electron chi connectivity index (χ4n) is 4.14. The number of aryl methyl sites for hydroxylation is 1. The van der Waals surface area contributed by atoms with Crippen molar-refractivity contribution >= 4 is 5.95 Å². The number of ether oxygens (including phenoxy) is 1. The van der Waals surface area contributed by atoms with Gasteiger partial charge in [-0.25, -0.2) is 14.4 Å². The van der Waals surface area contributed by atoms with Gasteiger partial charge >= 0.3 is 0 Å². The maximum atomic E-state index is 14.5. The summed E-state index contributed by atoms with van der Waals surface area (Å²) >= 11 is 0. The number of aromatic nitrogens is 7. The molecule has 1 fully saturated rings. The first-order valence-electron chi connectivity index (χ1n) is 11.5. The Morgan fingerprint density at radius 2 is 1.83 bits per heavy atom. The number of anilines is 1. The van der Waals surface area contributed by atoms with Gasteiger partial charge in [0.1, 0.15) is 18.4 Å². The number of benzene rings is 1. The van der Waals surface area contributed by atoms with E-state index in [-0.39, 0.29) is 18.4 Å². The van der Waals surface area contributed by atoms with Gasteiger partial charge in [0, 0.05) is 37.1 Å². The predicted octanol–water partition coefficient (Wildman–Crippen LogP) is 3.25. The lowest BCUT2D eigenvalue weighted by molar-refractivity contribution is 0.289. The minimum absolute atomic E-state index is 0.0373. The second-order valence-corrected chi connectivity index (χ2v) is 8.26. The molecular formula is C24H24FN9O. The Labute approximate surface area is 201 Å². The summed E-state index contributed by atoms with van der Waals surface area (Å²) in [4.78, 5) is 12.4. The predicted molar refractivity (Wildman–Crippen MR) is 124 cm³/mol. The van der Waals surface area contributed by atoms with E-state index in [4.69, 9.17) is 4.74 Å². The van der Waals surface area contributed by atoms with Gasteiger partial charge in [-0.15, -0.1) is 0 Å². The van der Waals surface area contributed by atoms with E-state index in [1.807, 2.05) is 12.4 Å². The molecule has 4 aromatic rings. The minimum Gasteiger partial charge on any atom is -0.486 e. The van der Waals surface area contributed by atoms with Crippen LogP contribution in [0.3, 0.4) is 0 Å². The number of piperidine rings is 1. The molecule has 0 N–H and O–H groups in total. The van der Waals surface area contributed by atoms with Crippen LogP contribution in [0, 0.1) is 17.1 Å². The van der Waals surface area contributed by atoms with Crippen LogP contribution in [0.25, 0.3) is 5.69 Å². The van der Waals surface area contributed by atoms with Crippen molar-refractivity contribution in [2.24, 2.45) is 0 Å². The largest absolute Gasteiger partial charge is 0.486 e. The van der Waals surface area contributed by atoms with E-state index in [9.17, 15) is 9.65 Å². The number of hydrogen-bond acceptors (Lipinski definition) is 8. The third kappa shape index (κ3) is 4.68. The van der Waals surface area contributed by atoms with Crippen molar-refractivity contribution in [3.05, 3.63) is 71.8 Å². The molecule has 1 aliphatic rings. The van der Waals surface area contributed by atoms with Crippen LogP contribution in [-0.4, -0.2) is 47.8 Å². The van der Waals surface area contributed by atoms with Gasteiger partial charge in [-0.05, 0) is 37.0 Å². The maximum Gasteiger partial charge on any atom is 0.225 e. The van der Waals surface area contributed by atoms with Crippen molar-refractivity contribution in [3.8, 4) is 17.5 Å². The van der Waals surface area contributed by atoms with Crippen molar-refractivity contribution in [3.63, 3.8) is 0 Å². The molecule has 0 amide bonds. The zero-order valence-electron chi connectivity index (χ0n) is 19.2. The second-order valence-electron chi connectivity index (χ2n) is 8.26. The lowest BCUT2D eigenvalue weighted by Gasteiger charge is -2.32. The van der Waals surface area contributed by atoms with Crippen molar-refractivity contribution < 1.29 is 9.13 Å². The summed E-state index contributed by atoms with van der Waals surface area (Å²) in [5.41, 5.74) is 2.65. The minimum atomic E-state index is -0.535. The number of halogens is 1. The van der Waals surface area contributed by atoms with Gasteiger partial charge in [0.25, 0.3) is 0 Å². The molecule has 5 rings (SSSR count). The fourth-order valence-corrected chi connectivity index (χ4v) is 4.14. The van der Waals surface area contributed by atoms with Gasteiger partial charge < -0.3 is 9.64 Å². The molecule has 178 valence electrons. The van der Waals surface area contributed by atoms with E-state index >= 15 is 0 Å². The molecule has 0 unspecified atom stereocenters. The van der Waals surface area contributed by atoms with Crippen LogP contribution in [0.2, 0.25) is 0 Å². The molecule has 1 aliphatic heterocycles. The quantitative estimate of drug-likeness (QED) is 0.402. The van der Waals surface area contributed by atoms with Gasteiger partial charge in [-0.1, -0.05) is 6.92 Å². The second kappa shape index (κ2) is 9.89. The molecule has 0 bridgehead atoms. The van der Waals surface area contributed by atoms with Crippen LogP contribution in [-0.2, 0) is 13.0 Å². The van der Waals surface area contributed by atoms with Gasteiger partial charge in [0.2, 0.25) is 5.95 Å². The Bertz CT molecular complexity index is 1320. The molecule has 1 aromatic carbocycles. The van der Waals surface area contributed by atoms with E-state index in [1.165, 1.54) is 29.3 Å². The van der Waals surface area contributed by atoms with Gasteiger partial charge in [-0.3, -0.25) is 4.68 Å². The van der Waals surface area contributed by atoms with Gasteiger partial charge in [0.15, 0.2) is 11.6 Å². The highest BCUT2D eigenvalue weighted by Gasteiger charge is 2.25. The third-order valence-electron chi connectivity index (χ3n) is 6.12.